The zero-order valence-corrected chi connectivity index (χ0v) is 11.6. The lowest BCUT2D eigenvalue weighted by Gasteiger charge is -2.21. The van der Waals surface area contributed by atoms with Crippen LogP contribution in [-0.4, -0.2) is 23.1 Å². The van der Waals surface area contributed by atoms with E-state index in [0.717, 1.165) is 24.2 Å². The molecule has 4 heteroatoms. The van der Waals surface area contributed by atoms with Crippen LogP contribution in [0.4, 0.5) is 0 Å². The molecule has 0 saturated heterocycles. The molecule has 0 atom stereocenters. The molecule has 0 aromatic heterocycles. The van der Waals surface area contributed by atoms with Gasteiger partial charge in [-0.15, -0.1) is 0 Å². The van der Waals surface area contributed by atoms with Crippen LogP contribution in [0.2, 0.25) is 10.0 Å². The van der Waals surface area contributed by atoms with Crippen molar-refractivity contribution >= 4 is 23.2 Å². The van der Waals surface area contributed by atoms with E-state index in [1.165, 1.54) is 6.07 Å². The van der Waals surface area contributed by atoms with Crippen molar-refractivity contribution in [2.75, 3.05) is 13.1 Å². The van der Waals surface area contributed by atoms with E-state index in [1.807, 2.05) is 6.92 Å². The maximum absolute atomic E-state index is 9.86. The molecule has 0 amide bonds. The number of halogens is 2. The molecule has 1 aromatic rings. The van der Waals surface area contributed by atoms with Crippen molar-refractivity contribution in [1.29, 1.82) is 0 Å². The van der Waals surface area contributed by atoms with E-state index in [1.54, 1.807) is 6.07 Å². The molecule has 0 saturated carbocycles. The molecule has 17 heavy (non-hydrogen) atoms. The molecule has 0 bridgehead atoms. The zero-order valence-electron chi connectivity index (χ0n) is 10.1. The molecule has 0 fully saturated rings. The second-order valence-electron chi connectivity index (χ2n) is 4.16. The van der Waals surface area contributed by atoms with Gasteiger partial charge >= 0.3 is 0 Å². The summed E-state index contributed by atoms with van der Waals surface area (Å²) in [5.41, 5.74) is 1.82. The van der Waals surface area contributed by atoms with Gasteiger partial charge in [0.05, 0.1) is 5.02 Å². The summed E-state index contributed by atoms with van der Waals surface area (Å²) in [5, 5.41) is 10.7. The number of hydrogen-bond donors (Lipinski definition) is 1. The van der Waals surface area contributed by atoms with Crippen molar-refractivity contribution in [3.8, 4) is 5.75 Å². The van der Waals surface area contributed by atoms with Crippen LogP contribution in [-0.2, 0) is 6.54 Å². The highest BCUT2D eigenvalue weighted by atomic mass is 35.5. The first kappa shape index (κ1) is 14.4. The van der Waals surface area contributed by atoms with Gasteiger partial charge in [0.25, 0.3) is 0 Å². The molecule has 0 aliphatic carbocycles. The monoisotopic (exact) mass is 273 g/mol. The largest absolute Gasteiger partial charge is 0.506 e. The summed E-state index contributed by atoms with van der Waals surface area (Å²) in [6, 6.07) is 3.28. The Hall–Kier alpha value is -0.700. The van der Waals surface area contributed by atoms with Crippen LogP contribution in [0.3, 0.4) is 0 Å². The first-order valence-electron chi connectivity index (χ1n) is 5.47. The summed E-state index contributed by atoms with van der Waals surface area (Å²) in [7, 11) is 0. The summed E-state index contributed by atoms with van der Waals surface area (Å²) >= 11 is 11.8. The second-order valence-corrected chi connectivity index (χ2v) is 5.00. The van der Waals surface area contributed by atoms with Crippen LogP contribution < -0.4 is 0 Å². The molecule has 0 spiro atoms. The summed E-state index contributed by atoms with van der Waals surface area (Å²) in [6.45, 7) is 10.2. The second kappa shape index (κ2) is 6.29. The highest BCUT2D eigenvalue weighted by Gasteiger charge is 2.11. The van der Waals surface area contributed by atoms with E-state index < -0.39 is 0 Å². The zero-order chi connectivity index (χ0) is 13.0. The minimum Gasteiger partial charge on any atom is -0.506 e. The van der Waals surface area contributed by atoms with Crippen molar-refractivity contribution in [2.24, 2.45) is 0 Å². The van der Waals surface area contributed by atoms with E-state index in [0.29, 0.717) is 16.6 Å². The number of benzene rings is 1. The van der Waals surface area contributed by atoms with E-state index in [9.17, 15) is 5.11 Å². The first-order chi connectivity index (χ1) is 7.93. The van der Waals surface area contributed by atoms with Crippen molar-refractivity contribution in [1.82, 2.24) is 4.90 Å². The number of phenolic OH excluding ortho intramolecular Hbond substituents is 1. The Labute approximate surface area is 112 Å². The van der Waals surface area contributed by atoms with Gasteiger partial charge in [0.1, 0.15) is 5.75 Å². The van der Waals surface area contributed by atoms with Gasteiger partial charge in [-0.25, -0.2) is 0 Å². The van der Waals surface area contributed by atoms with Gasteiger partial charge in [-0.3, -0.25) is 4.90 Å². The minimum absolute atomic E-state index is 0.108. The molecule has 1 rings (SSSR count). The Morgan fingerprint density at radius 1 is 1.41 bits per heavy atom. The Bertz CT molecular complexity index is 418. The molecule has 0 aliphatic rings. The lowest BCUT2D eigenvalue weighted by Crippen LogP contribution is -2.24. The standard InChI is InChI=1S/C13H17Cl2NO/c1-4-16(7-9(2)3)8-10-5-11(14)6-12(15)13(10)17/h5-6,17H,2,4,7-8H2,1,3H3. The predicted molar refractivity (Wildman–Crippen MR) is 73.9 cm³/mol. The molecular weight excluding hydrogens is 257 g/mol. The fraction of sp³-hybridized carbons (Fsp3) is 0.385. The average Bonchev–Trinajstić information content (AvgIpc) is 2.23. The molecule has 0 unspecified atom stereocenters. The average molecular weight is 274 g/mol. The SMILES string of the molecule is C=C(C)CN(CC)Cc1cc(Cl)cc(Cl)c1O. The lowest BCUT2D eigenvalue weighted by molar-refractivity contribution is 0.299. The quantitative estimate of drug-likeness (QED) is 0.817. The van der Waals surface area contributed by atoms with Gasteiger partial charge < -0.3 is 5.11 Å². The van der Waals surface area contributed by atoms with Gasteiger partial charge in [0.15, 0.2) is 0 Å². The molecule has 94 valence electrons. The van der Waals surface area contributed by atoms with Crippen LogP contribution in [0.25, 0.3) is 0 Å². The number of aromatic hydroxyl groups is 1. The van der Waals surface area contributed by atoms with Gasteiger partial charge in [0, 0.05) is 23.7 Å². The van der Waals surface area contributed by atoms with Crippen molar-refractivity contribution < 1.29 is 5.11 Å². The third-order valence-corrected chi connectivity index (χ3v) is 2.95. The van der Waals surface area contributed by atoms with E-state index in [4.69, 9.17) is 23.2 Å². The number of likely N-dealkylation sites (N-methyl/N-ethyl adjacent to an activating group) is 1. The highest BCUT2D eigenvalue weighted by molar-refractivity contribution is 6.35. The summed E-state index contributed by atoms with van der Waals surface area (Å²) in [4.78, 5) is 2.16. The number of nitrogens with zero attached hydrogens (tertiary/aromatic N) is 1. The van der Waals surface area contributed by atoms with Crippen molar-refractivity contribution in [2.45, 2.75) is 20.4 Å². The van der Waals surface area contributed by atoms with Gasteiger partial charge in [0.2, 0.25) is 0 Å². The number of rotatable bonds is 5. The van der Waals surface area contributed by atoms with E-state index in [2.05, 4.69) is 18.4 Å². The molecule has 1 N–H and O–H groups in total. The van der Waals surface area contributed by atoms with Crippen molar-refractivity contribution in [3.05, 3.63) is 39.9 Å². The van der Waals surface area contributed by atoms with Gasteiger partial charge in [-0.1, -0.05) is 42.3 Å². The third kappa shape index (κ3) is 4.23. The fourth-order valence-corrected chi connectivity index (χ4v) is 2.18. The minimum atomic E-state index is 0.108. The Morgan fingerprint density at radius 2 is 2.06 bits per heavy atom. The van der Waals surface area contributed by atoms with E-state index >= 15 is 0 Å². The van der Waals surface area contributed by atoms with Gasteiger partial charge in [-0.05, 0) is 25.6 Å². The Kier molecular flexibility index (Phi) is 5.31. The molecule has 2 nitrogen and oxygen atoms in total. The van der Waals surface area contributed by atoms with Gasteiger partial charge in [-0.2, -0.15) is 0 Å². The van der Waals surface area contributed by atoms with Crippen molar-refractivity contribution in [3.63, 3.8) is 0 Å². The number of hydrogen-bond acceptors (Lipinski definition) is 2. The normalized spacial score (nSPS) is 10.9. The van der Waals surface area contributed by atoms with Crippen LogP contribution in [0.1, 0.15) is 19.4 Å². The molecule has 0 heterocycles. The molecule has 0 aliphatic heterocycles. The maximum atomic E-state index is 9.86. The van der Waals surface area contributed by atoms with Crippen LogP contribution in [0.5, 0.6) is 5.75 Å². The van der Waals surface area contributed by atoms with Crippen LogP contribution in [0, 0.1) is 0 Å². The molecule has 0 radical (unpaired) electrons. The van der Waals surface area contributed by atoms with Crippen LogP contribution in [0.15, 0.2) is 24.3 Å². The smallest absolute Gasteiger partial charge is 0.138 e. The number of phenols is 1. The topological polar surface area (TPSA) is 23.5 Å². The first-order valence-corrected chi connectivity index (χ1v) is 6.23. The highest BCUT2D eigenvalue weighted by Crippen LogP contribution is 2.31. The third-order valence-electron chi connectivity index (χ3n) is 2.44. The van der Waals surface area contributed by atoms with E-state index in [-0.39, 0.29) is 5.75 Å². The molecule has 1 aromatic carbocycles. The predicted octanol–water partition coefficient (Wildman–Crippen LogP) is 4.10. The summed E-state index contributed by atoms with van der Waals surface area (Å²) in [6.07, 6.45) is 0. The lowest BCUT2D eigenvalue weighted by atomic mass is 10.1. The fourth-order valence-electron chi connectivity index (χ4n) is 1.64. The van der Waals surface area contributed by atoms with Crippen LogP contribution >= 0.6 is 23.2 Å². The molecular formula is C13H17Cl2NO. The Morgan fingerprint density at radius 3 is 2.59 bits per heavy atom. The summed E-state index contributed by atoms with van der Waals surface area (Å²) in [5.74, 6) is 0.108. The maximum Gasteiger partial charge on any atom is 0.138 e. The Balaban J connectivity index is 2.89. The summed E-state index contributed by atoms with van der Waals surface area (Å²) < 4.78 is 0.